The smallest absolute Gasteiger partial charge is 0.485 e. The summed E-state index contributed by atoms with van der Waals surface area (Å²) in [6, 6.07) is 17.8. The maximum absolute atomic E-state index is 10.7. The number of aryl methyl sites for hydroxylation is 1. The lowest BCUT2D eigenvalue weighted by atomic mass is 9.86. The van der Waals surface area contributed by atoms with Crippen LogP contribution in [-0.4, -0.2) is 18.5 Å². The molecule has 0 fully saturated rings. The van der Waals surface area contributed by atoms with Gasteiger partial charge in [-0.05, 0) is 35.4 Å². The van der Waals surface area contributed by atoms with E-state index in [0.29, 0.717) is 0 Å². The van der Waals surface area contributed by atoms with Crippen LogP contribution in [0.1, 0.15) is 43.0 Å². The third kappa shape index (κ3) is 7.17. The van der Waals surface area contributed by atoms with E-state index in [1.165, 1.54) is 22.3 Å². The Morgan fingerprint density at radius 2 is 1.19 bits per heavy atom. The van der Waals surface area contributed by atoms with E-state index in [2.05, 4.69) is 76.2 Å². The van der Waals surface area contributed by atoms with E-state index in [1.54, 1.807) is 0 Å². The highest BCUT2D eigenvalue weighted by atomic mass is 32.2. The number of rotatable bonds is 2. The highest BCUT2D eigenvalue weighted by molar-refractivity contribution is 7.86. The van der Waals surface area contributed by atoms with Crippen molar-refractivity contribution in [2.75, 3.05) is 0 Å². The van der Waals surface area contributed by atoms with E-state index in [1.807, 2.05) is 0 Å². The van der Waals surface area contributed by atoms with Crippen molar-refractivity contribution in [1.82, 2.24) is 0 Å². The van der Waals surface area contributed by atoms with Crippen molar-refractivity contribution < 1.29 is 26.1 Å². The summed E-state index contributed by atoms with van der Waals surface area (Å²) in [5, 5.41) is 0. The average Bonchev–Trinajstić information content (AvgIpc) is 2.48. The Bertz CT molecular complexity index is 801. The van der Waals surface area contributed by atoms with Gasteiger partial charge in [-0.25, -0.2) is 8.42 Å². The molecule has 2 aromatic rings. The molecule has 0 heterocycles. The molecule has 0 atom stereocenters. The first-order valence-corrected chi connectivity index (χ1v) is 9.28. The van der Waals surface area contributed by atoms with Gasteiger partial charge in [-0.15, -0.1) is 0 Å². The van der Waals surface area contributed by atoms with E-state index in [-0.39, 0.29) is 5.41 Å². The molecule has 0 N–H and O–H groups in total. The Labute approximate surface area is 152 Å². The molecule has 0 radical (unpaired) electrons. The summed E-state index contributed by atoms with van der Waals surface area (Å²) in [4.78, 5) is 0. The highest BCUT2D eigenvalue weighted by Crippen LogP contribution is 2.23. The van der Waals surface area contributed by atoms with Gasteiger partial charge in [0.25, 0.3) is 0 Å². The van der Waals surface area contributed by atoms with Crippen molar-refractivity contribution in [3.8, 4) is 0 Å². The van der Waals surface area contributed by atoms with Crippen LogP contribution in [0.15, 0.2) is 48.5 Å². The summed E-state index contributed by atoms with van der Waals surface area (Å²) in [6.45, 7) is 8.88. The zero-order valence-electron chi connectivity index (χ0n) is 15.1. The predicted octanol–water partition coefficient (Wildman–Crippen LogP) is 4.93. The number of benzene rings is 2. The molecule has 0 aliphatic heterocycles. The molecule has 0 aromatic heterocycles. The van der Waals surface area contributed by atoms with Crippen molar-refractivity contribution in [2.24, 2.45) is 0 Å². The second-order valence-electron chi connectivity index (χ2n) is 7.01. The van der Waals surface area contributed by atoms with Crippen LogP contribution in [-0.2, 0) is 22.0 Å². The summed E-state index contributed by atoms with van der Waals surface area (Å²) in [5.74, 6) is 0. The van der Waals surface area contributed by atoms with Crippen LogP contribution in [0, 0.1) is 6.92 Å². The summed E-state index contributed by atoms with van der Waals surface area (Å²) in [7, 11) is -6.09. The molecule has 0 unspecified atom stereocenters. The van der Waals surface area contributed by atoms with E-state index < -0.39 is 15.6 Å². The van der Waals surface area contributed by atoms with Gasteiger partial charge in [-0.2, -0.15) is 13.2 Å². The fourth-order valence-corrected chi connectivity index (χ4v) is 2.06. The molecule has 0 bridgehead atoms. The minimum atomic E-state index is -6.09. The quantitative estimate of drug-likeness (QED) is 0.542. The molecule has 26 heavy (non-hydrogen) atoms. The van der Waals surface area contributed by atoms with Crippen LogP contribution in [0.4, 0.5) is 13.2 Å². The van der Waals surface area contributed by atoms with Gasteiger partial charge >= 0.3 is 5.51 Å². The molecule has 2 aromatic carbocycles. The van der Waals surface area contributed by atoms with Gasteiger partial charge in [0, 0.05) is 0 Å². The zero-order valence-corrected chi connectivity index (χ0v) is 15.9. The van der Waals surface area contributed by atoms with Gasteiger partial charge < -0.3 is 4.55 Å². The van der Waals surface area contributed by atoms with E-state index in [9.17, 15) is 13.2 Å². The molecule has 0 saturated heterocycles. The largest absolute Gasteiger partial charge is 0.741 e. The molecular formula is C19H22F3O3S-. The molecule has 2 rings (SSSR count). The normalized spacial score (nSPS) is 12.3. The molecule has 0 aliphatic rings. The van der Waals surface area contributed by atoms with Crippen molar-refractivity contribution >= 4 is 10.1 Å². The number of hydrogen-bond donors (Lipinski definition) is 0. The third-order valence-electron chi connectivity index (χ3n) is 3.63. The first-order chi connectivity index (χ1) is 11.7. The summed E-state index contributed by atoms with van der Waals surface area (Å²) in [6.07, 6.45) is 1.02. The Morgan fingerprint density at radius 3 is 1.50 bits per heavy atom. The van der Waals surface area contributed by atoms with Gasteiger partial charge in [0.1, 0.15) is 0 Å². The summed E-state index contributed by atoms with van der Waals surface area (Å²) >= 11 is 0. The third-order valence-corrected chi connectivity index (χ3v) is 4.20. The first-order valence-electron chi connectivity index (χ1n) is 7.87. The van der Waals surface area contributed by atoms with Gasteiger partial charge in [0.2, 0.25) is 0 Å². The lowest BCUT2D eigenvalue weighted by Crippen LogP contribution is -2.21. The second kappa shape index (κ2) is 8.22. The Morgan fingerprint density at radius 1 is 0.846 bits per heavy atom. The standard InChI is InChI=1S/C18H22.CHF3O3S/c1-14-5-7-15(8-6-14)13-16-9-11-17(12-10-16)18(2,3)4;2-1(3,4)8(5,6)7/h5-12H,13H2,1-4H3;(H,5,6,7)/p-1. The van der Waals surface area contributed by atoms with Gasteiger partial charge in [-0.3, -0.25) is 0 Å². The van der Waals surface area contributed by atoms with Crippen LogP contribution in [0.25, 0.3) is 0 Å². The Hall–Kier alpha value is -1.86. The molecule has 3 nitrogen and oxygen atoms in total. The molecule has 0 aliphatic carbocycles. The predicted molar refractivity (Wildman–Crippen MR) is 94.9 cm³/mol. The summed E-state index contributed by atoms with van der Waals surface area (Å²) in [5.41, 5.74) is 0.0722. The number of alkyl halides is 3. The van der Waals surface area contributed by atoms with Crippen molar-refractivity contribution in [3.05, 3.63) is 70.8 Å². The molecule has 144 valence electrons. The minimum absolute atomic E-state index is 0.238. The first kappa shape index (κ1) is 22.2. The SMILES string of the molecule is Cc1ccc(Cc2ccc(C(C)(C)C)cc2)cc1.O=S(=O)([O-])C(F)(F)F. The second-order valence-corrected chi connectivity index (χ2v) is 8.38. The Balaban J connectivity index is 0.000000359. The van der Waals surface area contributed by atoms with E-state index in [4.69, 9.17) is 13.0 Å². The highest BCUT2D eigenvalue weighted by Gasteiger charge is 2.36. The molecule has 7 heteroatoms. The minimum Gasteiger partial charge on any atom is -0.741 e. The molecular weight excluding hydrogens is 365 g/mol. The fourth-order valence-electron chi connectivity index (χ4n) is 2.06. The van der Waals surface area contributed by atoms with Gasteiger partial charge in [-0.1, -0.05) is 74.9 Å². The average molecular weight is 387 g/mol. The van der Waals surface area contributed by atoms with E-state index in [0.717, 1.165) is 6.42 Å². The van der Waals surface area contributed by atoms with E-state index >= 15 is 0 Å². The lowest BCUT2D eigenvalue weighted by Gasteiger charge is -2.19. The van der Waals surface area contributed by atoms with Gasteiger partial charge in [0.15, 0.2) is 10.1 Å². The zero-order chi connectivity index (χ0) is 20.2. The van der Waals surface area contributed by atoms with Crippen molar-refractivity contribution in [2.45, 2.75) is 45.0 Å². The van der Waals surface area contributed by atoms with Crippen LogP contribution in [0.5, 0.6) is 0 Å². The number of halogens is 3. The van der Waals surface area contributed by atoms with Gasteiger partial charge in [0.05, 0.1) is 0 Å². The number of hydrogen-bond acceptors (Lipinski definition) is 3. The molecule has 0 saturated carbocycles. The fraction of sp³-hybridized carbons (Fsp3) is 0.368. The molecule has 0 amide bonds. The lowest BCUT2D eigenvalue weighted by molar-refractivity contribution is -0.0517. The molecule has 0 spiro atoms. The maximum atomic E-state index is 10.7. The Kier molecular flexibility index (Phi) is 7.02. The topological polar surface area (TPSA) is 57.2 Å². The van der Waals surface area contributed by atoms with Crippen LogP contribution < -0.4 is 0 Å². The monoisotopic (exact) mass is 387 g/mol. The van der Waals surface area contributed by atoms with Crippen molar-refractivity contribution in [1.29, 1.82) is 0 Å². The van der Waals surface area contributed by atoms with Crippen LogP contribution in [0.2, 0.25) is 0 Å². The van der Waals surface area contributed by atoms with Crippen molar-refractivity contribution in [3.63, 3.8) is 0 Å². The maximum Gasteiger partial charge on any atom is 0.485 e. The van der Waals surface area contributed by atoms with Crippen LogP contribution in [0.3, 0.4) is 0 Å². The van der Waals surface area contributed by atoms with Crippen LogP contribution >= 0.6 is 0 Å². The summed E-state index contributed by atoms with van der Waals surface area (Å²) < 4.78 is 58.9.